The molecule has 0 aromatic carbocycles. The predicted molar refractivity (Wildman–Crippen MR) is 69.6 cm³/mol. The molecule has 0 saturated carbocycles. The number of hydrogen-bond acceptors (Lipinski definition) is 3. The zero-order valence-electron chi connectivity index (χ0n) is 10.5. The third-order valence-corrected chi connectivity index (χ3v) is 3.66. The SMILES string of the molecule is CCCCCCCCCCSCCC(=O)[O-]. The Hall–Kier alpha value is -0.180. The summed E-state index contributed by atoms with van der Waals surface area (Å²) in [7, 11) is 0. The van der Waals surface area contributed by atoms with Crippen LogP contribution in [0.25, 0.3) is 0 Å². The Morgan fingerprint density at radius 3 is 2.06 bits per heavy atom. The summed E-state index contributed by atoms with van der Waals surface area (Å²) in [6.07, 6.45) is 10.9. The van der Waals surface area contributed by atoms with Gasteiger partial charge in [-0.1, -0.05) is 51.9 Å². The highest BCUT2D eigenvalue weighted by Gasteiger charge is 1.93. The third-order valence-electron chi connectivity index (χ3n) is 2.59. The van der Waals surface area contributed by atoms with Gasteiger partial charge in [-0.05, 0) is 24.3 Å². The van der Waals surface area contributed by atoms with Crippen molar-refractivity contribution in [2.75, 3.05) is 11.5 Å². The lowest BCUT2D eigenvalue weighted by atomic mass is 10.1. The summed E-state index contributed by atoms with van der Waals surface area (Å²) in [5.74, 6) is 0.879. The summed E-state index contributed by atoms with van der Waals surface area (Å²) < 4.78 is 0. The maximum Gasteiger partial charge on any atom is 0.0422 e. The molecule has 0 rings (SSSR count). The average molecular weight is 245 g/mol. The topological polar surface area (TPSA) is 40.1 Å². The summed E-state index contributed by atoms with van der Waals surface area (Å²) in [6, 6.07) is 0. The quantitative estimate of drug-likeness (QED) is 0.496. The molecule has 0 aliphatic rings. The lowest BCUT2D eigenvalue weighted by molar-refractivity contribution is -0.305. The molecule has 0 aromatic rings. The van der Waals surface area contributed by atoms with E-state index in [1.807, 2.05) is 0 Å². The van der Waals surface area contributed by atoms with Gasteiger partial charge in [-0.3, -0.25) is 0 Å². The molecule has 3 heteroatoms. The molecule has 0 spiro atoms. The maximum absolute atomic E-state index is 10.1. The van der Waals surface area contributed by atoms with Crippen molar-refractivity contribution in [1.82, 2.24) is 0 Å². The molecule has 0 radical (unpaired) electrons. The zero-order valence-corrected chi connectivity index (χ0v) is 11.3. The van der Waals surface area contributed by atoms with Crippen LogP contribution < -0.4 is 5.11 Å². The van der Waals surface area contributed by atoms with Crippen molar-refractivity contribution >= 4 is 17.7 Å². The lowest BCUT2D eigenvalue weighted by Gasteiger charge is -2.03. The lowest BCUT2D eigenvalue weighted by Crippen LogP contribution is -2.22. The van der Waals surface area contributed by atoms with Crippen LogP contribution in [-0.2, 0) is 4.79 Å². The Morgan fingerprint density at radius 1 is 0.938 bits per heavy atom. The molecule has 2 nitrogen and oxygen atoms in total. The number of aliphatic carboxylic acids is 1. The molecule has 0 atom stereocenters. The summed E-state index contributed by atoms with van der Waals surface area (Å²) >= 11 is 1.73. The smallest absolute Gasteiger partial charge is 0.0422 e. The number of hydrogen-bond donors (Lipinski definition) is 0. The van der Waals surface area contributed by atoms with E-state index in [4.69, 9.17) is 0 Å². The Morgan fingerprint density at radius 2 is 1.50 bits per heavy atom. The van der Waals surface area contributed by atoms with Gasteiger partial charge in [-0.25, -0.2) is 0 Å². The monoisotopic (exact) mass is 245 g/mol. The van der Waals surface area contributed by atoms with E-state index in [9.17, 15) is 9.90 Å². The van der Waals surface area contributed by atoms with Gasteiger partial charge in [0.2, 0.25) is 0 Å². The van der Waals surface area contributed by atoms with Crippen molar-refractivity contribution in [2.45, 2.75) is 64.7 Å². The molecule has 0 aliphatic heterocycles. The highest BCUT2D eigenvalue weighted by molar-refractivity contribution is 7.99. The van der Waals surface area contributed by atoms with Crippen LogP contribution in [0.4, 0.5) is 0 Å². The molecular weight excluding hydrogens is 220 g/mol. The number of carbonyl (C=O) groups excluding carboxylic acids is 1. The van der Waals surface area contributed by atoms with Crippen LogP contribution in [0.2, 0.25) is 0 Å². The summed E-state index contributed by atoms with van der Waals surface area (Å²) in [4.78, 5) is 10.1. The van der Waals surface area contributed by atoms with E-state index >= 15 is 0 Å². The molecule has 0 aliphatic carbocycles. The number of carboxylic acids is 1. The molecule has 0 fully saturated rings. The van der Waals surface area contributed by atoms with Gasteiger partial charge in [0.15, 0.2) is 0 Å². The summed E-state index contributed by atoms with van der Waals surface area (Å²) in [6.45, 7) is 2.24. The highest BCUT2D eigenvalue weighted by atomic mass is 32.2. The molecule has 0 N–H and O–H groups in total. The molecule has 96 valence electrons. The van der Waals surface area contributed by atoms with Gasteiger partial charge in [0.05, 0.1) is 0 Å². The molecule has 0 bridgehead atoms. The molecule has 0 aromatic heterocycles. The second-order valence-electron chi connectivity index (χ2n) is 4.21. The standard InChI is InChI=1S/C13H26O2S/c1-2-3-4-5-6-7-8-9-11-16-12-10-13(14)15/h2-12H2,1H3,(H,14,15)/p-1. The molecular formula is C13H25O2S-. The van der Waals surface area contributed by atoms with Gasteiger partial charge < -0.3 is 9.90 Å². The number of unbranched alkanes of at least 4 members (excludes halogenated alkanes) is 7. The first-order valence-corrected chi connectivity index (χ1v) is 7.70. The van der Waals surface area contributed by atoms with Crippen LogP contribution >= 0.6 is 11.8 Å². The number of carbonyl (C=O) groups is 1. The molecule has 0 unspecified atom stereocenters. The average Bonchev–Trinajstić information content (AvgIpc) is 2.25. The van der Waals surface area contributed by atoms with Gasteiger partial charge in [0, 0.05) is 5.97 Å². The van der Waals surface area contributed by atoms with Crippen molar-refractivity contribution in [2.24, 2.45) is 0 Å². The minimum Gasteiger partial charge on any atom is -0.550 e. The van der Waals surface area contributed by atoms with E-state index in [2.05, 4.69) is 6.92 Å². The predicted octanol–water partition coefficient (Wildman–Crippen LogP) is 3.00. The van der Waals surface area contributed by atoms with E-state index in [0.29, 0.717) is 5.75 Å². The highest BCUT2D eigenvalue weighted by Crippen LogP contribution is 2.11. The van der Waals surface area contributed by atoms with Crippen molar-refractivity contribution in [3.8, 4) is 0 Å². The molecule has 0 amide bonds. The van der Waals surface area contributed by atoms with Crippen molar-refractivity contribution in [1.29, 1.82) is 0 Å². The van der Waals surface area contributed by atoms with E-state index in [1.54, 1.807) is 11.8 Å². The molecule has 0 saturated heterocycles. The van der Waals surface area contributed by atoms with Crippen LogP contribution in [0.5, 0.6) is 0 Å². The van der Waals surface area contributed by atoms with Crippen molar-refractivity contribution in [3.05, 3.63) is 0 Å². The van der Waals surface area contributed by atoms with Gasteiger partial charge in [0.25, 0.3) is 0 Å². The minimum absolute atomic E-state index is 0.196. The third kappa shape index (κ3) is 13.8. The maximum atomic E-state index is 10.1. The summed E-state index contributed by atoms with van der Waals surface area (Å²) in [5, 5.41) is 10.1. The van der Waals surface area contributed by atoms with Crippen molar-refractivity contribution < 1.29 is 9.90 Å². The van der Waals surface area contributed by atoms with Crippen molar-refractivity contribution in [3.63, 3.8) is 0 Å². The number of rotatable bonds is 12. The second kappa shape index (κ2) is 12.9. The van der Waals surface area contributed by atoms with Crippen LogP contribution in [0.3, 0.4) is 0 Å². The van der Waals surface area contributed by atoms with Gasteiger partial charge >= 0.3 is 0 Å². The normalized spacial score (nSPS) is 10.6. The summed E-state index contributed by atoms with van der Waals surface area (Å²) in [5.41, 5.74) is 0. The van der Waals surface area contributed by atoms with Crippen LogP contribution in [0.1, 0.15) is 64.7 Å². The largest absolute Gasteiger partial charge is 0.550 e. The fraction of sp³-hybridized carbons (Fsp3) is 0.923. The van der Waals surface area contributed by atoms with Gasteiger partial charge in [0.1, 0.15) is 0 Å². The van der Waals surface area contributed by atoms with Crippen LogP contribution in [0.15, 0.2) is 0 Å². The Labute approximate surface area is 104 Å². The Balaban J connectivity index is 2.90. The fourth-order valence-corrected chi connectivity index (χ4v) is 2.52. The van der Waals surface area contributed by atoms with Crippen LogP contribution in [-0.4, -0.2) is 17.5 Å². The second-order valence-corrected chi connectivity index (χ2v) is 5.43. The molecule has 16 heavy (non-hydrogen) atoms. The van der Waals surface area contributed by atoms with Gasteiger partial charge in [-0.15, -0.1) is 0 Å². The van der Waals surface area contributed by atoms with Gasteiger partial charge in [-0.2, -0.15) is 11.8 Å². The van der Waals surface area contributed by atoms with Crippen LogP contribution in [0, 0.1) is 0 Å². The van der Waals surface area contributed by atoms with E-state index < -0.39 is 5.97 Å². The van der Waals surface area contributed by atoms with E-state index in [1.165, 1.54) is 51.4 Å². The Kier molecular flexibility index (Phi) is 12.7. The first-order valence-electron chi connectivity index (χ1n) is 6.55. The Bertz CT molecular complexity index is 160. The molecule has 0 heterocycles. The fourth-order valence-electron chi connectivity index (χ4n) is 1.60. The number of carboxylic acid groups (broad SMARTS) is 1. The number of thioether (sulfide) groups is 1. The zero-order chi connectivity index (χ0) is 12.1. The van der Waals surface area contributed by atoms with E-state index in [-0.39, 0.29) is 6.42 Å². The van der Waals surface area contributed by atoms with E-state index in [0.717, 1.165) is 5.75 Å². The first kappa shape index (κ1) is 15.8. The first-order chi connectivity index (χ1) is 7.77. The minimum atomic E-state index is -0.927.